The van der Waals surface area contributed by atoms with Gasteiger partial charge in [-0.15, -0.1) is 0 Å². The van der Waals surface area contributed by atoms with Gasteiger partial charge < -0.3 is 19.5 Å². The standard InChI is InChI=1S/C15H25NO3/c1-4-17-10-7-11-19-15-13(12-16-3)8-6-9-14(15)18-5-2/h6,8-9,16H,4-5,7,10-12H2,1-3H3. The van der Waals surface area contributed by atoms with Crippen LogP contribution in [0.5, 0.6) is 11.5 Å². The third kappa shape index (κ3) is 5.49. The smallest absolute Gasteiger partial charge is 0.165 e. The second-order valence-corrected chi connectivity index (χ2v) is 4.11. The minimum absolute atomic E-state index is 0.637. The lowest BCUT2D eigenvalue weighted by molar-refractivity contribution is 0.129. The molecule has 0 heterocycles. The van der Waals surface area contributed by atoms with E-state index in [0.29, 0.717) is 13.2 Å². The minimum Gasteiger partial charge on any atom is -0.490 e. The molecule has 0 bridgehead atoms. The fourth-order valence-corrected chi connectivity index (χ4v) is 1.80. The van der Waals surface area contributed by atoms with Crippen molar-refractivity contribution in [2.75, 3.05) is 33.5 Å². The molecule has 0 aliphatic carbocycles. The van der Waals surface area contributed by atoms with Crippen LogP contribution < -0.4 is 14.8 Å². The van der Waals surface area contributed by atoms with Gasteiger partial charge in [0, 0.05) is 31.7 Å². The van der Waals surface area contributed by atoms with Gasteiger partial charge in [0.2, 0.25) is 0 Å². The van der Waals surface area contributed by atoms with Gasteiger partial charge in [-0.2, -0.15) is 0 Å². The van der Waals surface area contributed by atoms with Gasteiger partial charge in [0.15, 0.2) is 11.5 Å². The fourth-order valence-electron chi connectivity index (χ4n) is 1.80. The van der Waals surface area contributed by atoms with Crippen LogP contribution >= 0.6 is 0 Å². The normalized spacial score (nSPS) is 10.5. The Morgan fingerprint density at radius 1 is 1.05 bits per heavy atom. The summed E-state index contributed by atoms with van der Waals surface area (Å²) in [6.45, 7) is 7.50. The zero-order chi connectivity index (χ0) is 13.9. The third-order valence-electron chi connectivity index (χ3n) is 2.61. The Morgan fingerprint density at radius 2 is 1.89 bits per heavy atom. The van der Waals surface area contributed by atoms with Crippen LogP contribution in [0.3, 0.4) is 0 Å². The second-order valence-electron chi connectivity index (χ2n) is 4.11. The van der Waals surface area contributed by atoms with Crippen molar-refractivity contribution >= 4 is 0 Å². The molecular weight excluding hydrogens is 242 g/mol. The first-order valence-corrected chi connectivity index (χ1v) is 6.93. The molecule has 0 amide bonds. The van der Waals surface area contributed by atoms with Crippen LogP contribution in [0, 0.1) is 0 Å². The second kappa shape index (κ2) is 9.64. The van der Waals surface area contributed by atoms with Crippen molar-refractivity contribution in [3.63, 3.8) is 0 Å². The van der Waals surface area contributed by atoms with E-state index in [-0.39, 0.29) is 0 Å². The summed E-state index contributed by atoms with van der Waals surface area (Å²) in [4.78, 5) is 0. The lowest BCUT2D eigenvalue weighted by atomic mass is 10.2. The van der Waals surface area contributed by atoms with Crippen molar-refractivity contribution in [3.05, 3.63) is 23.8 Å². The summed E-state index contributed by atoms with van der Waals surface area (Å²) >= 11 is 0. The van der Waals surface area contributed by atoms with E-state index in [9.17, 15) is 0 Å². The maximum Gasteiger partial charge on any atom is 0.165 e. The summed E-state index contributed by atoms with van der Waals surface area (Å²) in [7, 11) is 1.92. The molecule has 1 aromatic carbocycles. The highest BCUT2D eigenvalue weighted by atomic mass is 16.5. The molecule has 1 aromatic rings. The summed E-state index contributed by atoms with van der Waals surface area (Å²) in [5, 5.41) is 3.14. The van der Waals surface area contributed by atoms with Crippen molar-refractivity contribution in [3.8, 4) is 11.5 Å². The van der Waals surface area contributed by atoms with E-state index in [4.69, 9.17) is 14.2 Å². The molecule has 0 spiro atoms. The summed E-state index contributed by atoms with van der Waals surface area (Å²) in [6, 6.07) is 5.99. The van der Waals surface area contributed by atoms with Crippen molar-refractivity contribution in [2.45, 2.75) is 26.8 Å². The van der Waals surface area contributed by atoms with Gasteiger partial charge in [0.1, 0.15) is 0 Å². The number of hydrogen-bond donors (Lipinski definition) is 1. The molecule has 1 N–H and O–H groups in total. The van der Waals surface area contributed by atoms with Crippen LogP contribution in [-0.2, 0) is 11.3 Å². The number of nitrogens with one attached hydrogen (secondary N) is 1. The number of hydrogen-bond acceptors (Lipinski definition) is 4. The molecule has 4 nitrogen and oxygen atoms in total. The van der Waals surface area contributed by atoms with E-state index >= 15 is 0 Å². The number of para-hydroxylation sites is 1. The predicted molar refractivity (Wildman–Crippen MR) is 77.0 cm³/mol. The summed E-state index contributed by atoms with van der Waals surface area (Å²) in [6.07, 6.45) is 0.882. The maximum atomic E-state index is 5.87. The van der Waals surface area contributed by atoms with E-state index in [1.54, 1.807) is 0 Å². The van der Waals surface area contributed by atoms with Gasteiger partial charge >= 0.3 is 0 Å². The Morgan fingerprint density at radius 3 is 2.58 bits per heavy atom. The molecule has 0 aromatic heterocycles. The van der Waals surface area contributed by atoms with Crippen molar-refractivity contribution < 1.29 is 14.2 Å². The Balaban J connectivity index is 2.64. The van der Waals surface area contributed by atoms with Gasteiger partial charge in [0.25, 0.3) is 0 Å². The van der Waals surface area contributed by atoms with E-state index in [1.807, 2.05) is 33.0 Å². The van der Waals surface area contributed by atoms with Crippen LogP contribution in [-0.4, -0.2) is 33.5 Å². The molecule has 1 rings (SSSR count). The average molecular weight is 267 g/mol. The molecular formula is C15H25NO3. The lowest BCUT2D eigenvalue weighted by Crippen LogP contribution is -2.10. The Kier molecular flexibility index (Phi) is 8.02. The summed E-state index contributed by atoms with van der Waals surface area (Å²) < 4.78 is 16.8. The topological polar surface area (TPSA) is 39.7 Å². The summed E-state index contributed by atoms with van der Waals surface area (Å²) in [5.41, 5.74) is 1.12. The SMILES string of the molecule is CCOCCCOc1c(CNC)cccc1OCC. The van der Waals surface area contributed by atoms with E-state index in [1.165, 1.54) is 0 Å². The average Bonchev–Trinajstić information content (AvgIpc) is 2.41. The predicted octanol–water partition coefficient (Wildman–Crippen LogP) is 2.61. The lowest BCUT2D eigenvalue weighted by Gasteiger charge is -2.15. The molecule has 0 aliphatic heterocycles. The van der Waals surface area contributed by atoms with Crippen LogP contribution in [0.1, 0.15) is 25.8 Å². The van der Waals surface area contributed by atoms with Crippen LogP contribution in [0.15, 0.2) is 18.2 Å². The van der Waals surface area contributed by atoms with Crippen molar-refractivity contribution in [2.24, 2.45) is 0 Å². The molecule has 19 heavy (non-hydrogen) atoms. The molecule has 0 aliphatic rings. The van der Waals surface area contributed by atoms with Crippen molar-refractivity contribution in [1.29, 1.82) is 0 Å². The van der Waals surface area contributed by atoms with E-state index in [2.05, 4.69) is 11.4 Å². The molecule has 0 saturated heterocycles. The fraction of sp³-hybridized carbons (Fsp3) is 0.600. The van der Waals surface area contributed by atoms with Gasteiger partial charge in [-0.3, -0.25) is 0 Å². The zero-order valence-corrected chi connectivity index (χ0v) is 12.2. The minimum atomic E-state index is 0.637. The Bertz CT molecular complexity index is 331. The van der Waals surface area contributed by atoms with Gasteiger partial charge in [-0.1, -0.05) is 12.1 Å². The van der Waals surface area contributed by atoms with E-state index < -0.39 is 0 Å². The first kappa shape index (κ1) is 15.8. The first-order valence-electron chi connectivity index (χ1n) is 6.93. The quantitative estimate of drug-likeness (QED) is 0.661. The zero-order valence-electron chi connectivity index (χ0n) is 12.2. The molecule has 0 fully saturated rings. The van der Waals surface area contributed by atoms with Gasteiger partial charge in [0.05, 0.1) is 13.2 Å². The number of ether oxygens (including phenoxy) is 3. The molecule has 0 radical (unpaired) electrons. The highest BCUT2D eigenvalue weighted by Crippen LogP contribution is 2.31. The first-order chi connectivity index (χ1) is 9.33. The molecule has 0 unspecified atom stereocenters. The Hall–Kier alpha value is -1.26. The van der Waals surface area contributed by atoms with Gasteiger partial charge in [-0.05, 0) is 27.0 Å². The molecule has 4 heteroatoms. The molecule has 0 saturated carbocycles. The molecule has 0 atom stereocenters. The highest BCUT2D eigenvalue weighted by molar-refractivity contribution is 5.46. The van der Waals surface area contributed by atoms with Crippen LogP contribution in [0.25, 0.3) is 0 Å². The Labute approximate surface area is 116 Å². The van der Waals surface area contributed by atoms with Gasteiger partial charge in [-0.25, -0.2) is 0 Å². The largest absolute Gasteiger partial charge is 0.490 e. The monoisotopic (exact) mass is 267 g/mol. The number of benzene rings is 1. The van der Waals surface area contributed by atoms with Crippen LogP contribution in [0.4, 0.5) is 0 Å². The number of rotatable bonds is 10. The third-order valence-corrected chi connectivity index (χ3v) is 2.61. The van der Waals surface area contributed by atoms with Crippen molar-refractivity contribution in [1.82, 2.24) is 5.32 Å². The van der Waals surface area contributed by atoms with Crippen LogP contribution in [0.2, 0.25) is 0 Å². The summed E-state index contributed by atoms with van der Waals surface area (Å²) in [5.74, 6) is 1.65. The maximum absolute atomic E-state index is 5.87. The van der Waals surface area contributed by atoms with E-state index in [0.717, 1.165) is 43.2 Å². The molecule has 108 valence electrons. The highest BCUT2D eigenvalue weighted by Gasteiger charge is 2.10.